The van der Waals surface area contributed by atoms with Gasteiger partial charge in [0.25, 0.3) is 0 Å². The molecule has 0 saturated heterocycles. The van der Waals surface area contributed by atoms with Crippen LogP contribution in [0.1, 0.15) is 6.92 Å². The highest BCUT2D eigenvalue weighted by molar-refractivity contribution is 9.10. The van der Waals surface area contributed by atoms with Gasteiger partial charge in [0.15, 0.2) is 0 Å². The Bertz CT molecular complexity index is 798. The summed E-state index contributed by atoms with van der Waals surface area (Å²) in [6.07, 6.45) is 0. The van der Waals surface area contributed by atoms with E-state index in [1.807, 2.05) is 29.7 Å². The fourth-order valence-corrected chi connectivity index (χ4v) is 2.67. The Balaban J connectivity index is 2.30. The molecular formula is C15H12BrFN2O. The van der Waals surface area contributed by atoms with Gasteiger partial charge in [-0.1, -0.05) is 15.9 Å². The number of benzene rings is 2. The van der Waals surface area contributed by atoms with Crippen LogP contribution in [0.3, 0.4) is 0 Å². The molecule has 20 heavy (non-hydrogen) atoms. The van der Waals surface area contributed by atoms with Gasteiger partial charge in [-0.05, 0) is 37.3 Å². The van der Waals surface area contributed by atoms with E-state index in [1.165, 1.54) is 6.07 Å². The zero-order valence-corrected chi connectivity index (χ0v) is 12.4. The standard InChI is InChI=1S/C15H12BrFN2O/c1-2-19-13-6-3-9(16)7-12(13)18-15(19)11-5-4-10(17)8-14(11)20/h3-8,20H,2H2,1H3. The Morgan fingerprint density at radius 2 is 2.05 bits per heavy atom. The SMILES string of the molecule is CCn1c(-c2ccc(F)cc2O)nc2cc(Br)ccc21. The average Bonchev–Trinajstić information content (AvgIpc) is 2.75. The zero-order valence-electron chi connectivity index (χ0n) is 10.8. The minimum Gasteiger partial charge on any atom is -0.507 e. The number of nitrogens with zero attached hydrogens (tertiary/aromatic N) is 2. The summed E-state index contributed by atoms with van der Waals surface area (Å²) in [6.45, 7) is 2.72. The van der Waals surface area contributed by atoms with E-state index in [9.17, 15) is 9.50 Å². The zero-order chi connectivity index (χ0) is 14.3. The van der Waals surface area contributed by atoms with E-state index >= 15 is 0 Å². The molecule has 0 radical (unpaired) electrons. The van der Waals surface area contributed by atoms with E-state index in [0.29, 0.717) is 17.9 Å². The fraction of sp³-hybridized carbons (Fsp3) is 0.133. The van der Waals surface area contributed by atoms with Crippen LogP contribution in [0.2, 0.25) is 0 Å². The van der Waals surface area contributed by atoms with Crippen molar-refractivity contribution in [3.63, 3.8) is 0 Å². The fourth-order valence-electron chi connectivity index (χ4n) is 2.32. The van der Waals surface area contributed by atoms with Crippen molar-refractivity contribution in [1.82, 2.24) is 9.55 Å². The van der Waals surface area contributed by atoms with Gasteiger partial charge in [-0.3, -0.25) is 0 Å². The van der Waals surface area contributed by atoms with Gasteiger partial charge in [-0.25, -0.2) is 9.37 Å². The highest BCUT2D eigenvalue weighted by atomic mass is 79.9. The molecule has 102 valence electrons. The number of imidazole rings is 1. The number of fused-ring (bicyclic) bond motifs is 1. The van der Waals surface area contributed by atoms with Gasteiger partial charge in [0, 0.05) is 17.1 Å². The van der Waals surface area contributed by atoms with Crippen molar-refractivity contribution in [2.75, 3.05) is 0 Å². The molecule has 0 aliphatic carbocycles. The summed E-state index contributed by atoms with van der Waals surface area (Å²) in [5.41, 5.74) is 2.34. The van der Waals surface area contributed by atoms with Gasteiger partial charge in [-0.2, -0.15) is 0 Å². The van der Waals surface area contributed by atoms with E-state index in [1.54, 1.807) is 6.07 Å². The molecule has 3 rings (SSSR count). The molecule has 1 aromatic heterocycles. The monoisotopic (exact) mass is 334 g/mol. The summed E-state index contributed by atoms with van der Waals surface area (Å²) in [6, 6.07) is 9.82. The van der Waals surface area contributed by atoms with Crippen LogP contribution < -0.4 is 0 Å². The number of aromatic nitrogens is 2. The summed E-state index contributed by atoms with van der Waals surface area (Å²) >= 11 is 3.42. The van der Waals surface area contributed by atoms with E-state index in [2.05, 4.69) is 20.9 Å². The molecule has 3 aromatic rings. The smallest absolute Gasteiger partial charge is 0.144 e. The number of hydrogen-bond donors (Lipinski definition) is 1. The van der Waals surface area contributed by atoms with Crippen molar-refractivity contribution in [2.45, 2.75) is 13.5 Å². The topological polar surface area (TPSA) is 38.0 Å². The first-order valence-electron chi connectivity index (χ1n) is 6.25. The Morgan fingerprint density at radius 3 is 2.75 bits per heavy atom. The first-order chi connectivity index (χ1) is 9.60. The Kier molecular flexibility index (Phi) is 3.22. The molecule has 0 bridgehead atoms. The maximum Gasteiger partial charge on any atom is 0.144 e. The van der Waals surface area contributed by atoms with Gasteiger partial charge in [0.1, 0.15) is 17.4 Å². The lowest BCUT2D eigenvalue weighted by molar-refractivity contribution is 0.470. The number of phenolic OH excluding ortho intramolecular Hbond substituents is 1. The van der Waals surface area contributed by atoms with Crippen LogP contribution in [0.4, 0.5) is 4.39 Å². The number of halogens is 2. The summed E-state index contributed by atoms with van der Waals surface area (Å²) < 4.78 is 16.0. The molecule has 1 N–H and O–H groups in total. The van der Waals surface area contributed by atoms with Crippen molar-refractivity contribution >= 4 is 27.0 Å². The minimum absolute atomic E-state index is 0.103. The highest BCUT2D eigenvalue weighted by Gasteiger charge is 2.15. The van der Waals surface area contributed by atoms with E-state index in [0.717, 1.165) is 21.6 Å². The molecule has 0 saturated carbocycles. The molecule has 1 heterocycles. The molecular weight excluding hydrogens is 323 g/mol. The van der Waals surface area contributed by atoms with Gasteiger partial charge < -0.3 is 9.67 Å². The number of phenols is 1. The van der Waals surface area contributed by atoms with Crippen LogP contribution in [0.15, 0.2) is 40.9 Å². The predicted octanol–water partition coefficient (Wildman–Crippen LogP) is 4.33. The number of aromatic hydroxyl groups is 1. The van der Waals surface area contributed by atoms with E-state index in [4.69, 9.17) is 0 Å². The third-order valence-electron chi connectivity index (χ3n) is 3.23. The van der Waals surface area contributed by atoms with Crippen molar-refractivity contribution in [2.24, 2.45) is 0 Å². The van der Waals surface area contributed by atoms with E-state index < -0.39 is 5.82 Å². The molecule has 0 spiro atoms. The molecule has 0 aliphatic heterocycles. The molecule has 0 aliphatic rings. The maximum absolute atomic E-state index is 13.1. The number of hydrogen-bond acceptors (Lipinski definition) is 2. The first kappa shape index (κ1) is 13.1. The van der Waals surface area contributed by atoms with Crippen LogP contribution in [-0.4, -0.2) is 14.7 Å². The third kappa shape index (κ3) is 2.08. The van der Waals surface area contributed by atoms with Crippen LogP contribution in [0.5, 0.6) is 5.75 Å². The Morgan fingerprint density at radius 1 is 1.25 bits per heavy atom. The molecule has 5 heteroatoms. The summed E-state index contributed by atoms with van der Waals surface area (Å²) in [5.74, 6) is 0.0697. The highest BCUT2D eigenvalue weighted by Crippen LogP contribution is 2.32. The van der Waals surface area contributed by atoms with Gasteiger partial charge in [0.2, 0.25) is 0 Å². The lowest BCUT2D eigenvalue weighted by Gasteiger charge is -2.07. The van der Waals surface area contributed by atoms with Crippen LogP contribution >= 0.6 is 15.9 Å². The lowest BCUT2D eigenvalue weighted by Crippen LogP contribution is -1.97. The normalized spacial score (nSPS) is 11.2. The Labute approximate surface area is 123 Å². The van der Waals surface area contributed by atoms with Gasteiger partial charge >= 0.3 is 0 Å². The number of rotatable bonds is 2. The lowest BCUT2D eigenvalue weighted by atomic mass is 10.2. The first-order valence-corrected chi connectivity index (χ1v) is 7.04. The van der Waals surface area contributed by atoms with Crippen molar-refractivity contribution < 1.29 is 9.50 Å². The maximum atomic E-state index is 13.1. The predicted molar refractivity (Wildman–Crippen MR) is 80.2 cm³/mol. The summed E-state index contributed by atoms with van der Waals surface area (Å²) in [5, 5.41) is 9.94. The second-order valence-corrected chi connectivity index (χ2v) is 5.39. The average molecular weight is 335 g/mol. The van der Waals surface area contributed by atoms with Gasteiger partial charge in [-0.15, -0.1) is 0 Å². The largest absolute Gasteiger partial charge is 0.507 e. The van der Waals surface area contributed by atoms with E-state index in [-0.39, 0.29) is 5.75 Å². The molecule has 0 unspecified atom stereocenters. The van der Waals surface area contributed by atoms with Crippen LogP contribution in [0.25, 0.3) is 22.4 Å². The second kappa shape index (κ2) is 4.90. The van der Waals surface area contributed by atoms with Crippen LogP contribution in [-0.2, 0) is 6.54 Å². The van der Waals surface area contributed by atoms with Crippen molar-refractivity contribution in [1.29, 1.82) is 0 Å². The molecule has 0 amide bonds. The summed E-state index contributed by atoms with van der Waals surface area (Å²) in [4.78, 5) is 4.56. The molecule has 3 nitrogen and oxygen atoms in total. The van der Waals surface area contributed by atoms with Crippen LogP contribution in [0, 0.1) is 5.82 Å². The summed E-state index contributed by atoms with van der Waals surface area (Å²) in [7, 11) is 0. The number of aryl methyl sites for hydroxylation is 1. The van der Waals surface area contributed by atoms with Crippen molar-refractivity contribution in [3.8, 4) is 17.1 Å². The second-order valence-electron chi connectivity index (χ2n) is 4.47. The molecule has 2 aromatic carbocycles. The molecule has 0 atom stereocenters. The Hall–Kier alpha value is -1.88. The minimum atomic E-state index is -0.465. The third-order valence-corrected chi connectivity index (χ3v) is 3.72. The quantitative estimate of drug-likeness (QED) is 0.757. The molecule has 0 fully saturated rings. The van der Waals surface area contributed by atoms with Crippen molar-refractivity contribution in [3.05, 3.63) is 46.7 Å². The van der Waals surface area contributed by atoms with Gasteiger partial charge in [0.05, 0.1) is 16.6 Å².